The van der Waals surface area contributed by atoms with Gasteiger partial charge in [-0.15, -0.1) is 0 Å². The average molecular weight is 287 g/mol. The first-order valence-corrected chi connectivity index (χ1v) is 6.16. The lowest BCUT2D eigenvalue weighted by Gasteiger charge is -2.11. The maximum absolute atomic E-state index is 11.7. The van der Waals surface area contributed by atoms with E-state index in [-0.39, 0.29) is 5.97 Å². The predicted molar refractivity (Wildman–Crippen MR) is 66.3 cm³/mol. The van der Waals surface area contributed by atoms with E-state index >= 15 is 0 Å². The third-order valence-electron chi connectivity index (χ3n) is 2.29. The van der Waals surface area contributed by atoms with Gasteiger partial charge in [0, 0.05) is 10.9 Å². The first-order valence-electron chi connectivity index (χ1n) is 5.04. The van der Waals surface area contributed by atoms with Crippen LogP contribution < -0.4 is 4.74 Å². The summed E-state index contributed by atoms with van der Waals surface area (Å²) >= 11 is 3.36. The predicted octanol–water partition coefficient (Wildman–Crippen LogP) is 3.08. The summed E-state index contributed by atoms with van der Waals surface area (Å²) < 4.78 is 10.2. The minimum Gasteiger partial charge on any atom is -0.496 e. The molecule has 0 aliphatic heterocycles. The molecule has 4 heteroatoms. The van der Waals surface area contributed by atoms with Crippen molar-refractivity contribution in [3.63, 3.8) is 0 Å². The van der Waals surface area contributed by atoms with Crippen molar-refractivity contribution >= 4 is 21.9 Å². The monoisotopic (exact) mass is 286 g/mol. The first-order chi connectivity index (χ1) is 7.63. The van der Waals surface area contributed by atoms with Crippen LogP contribution in [0.3, 0.4) is 0 Å². The Bertz CT molecular complexity index is 388. The number of carbonyl (C=O) groups is 1. The lowest BCUT2D eigenvalue weighted by Crippen LogP contribution is -2.08. The van der Waals surface area contributed by atoms with E-state index in [0.29, 0.717) is 23.2 Å². The standard InChI is InChI=1S/C12H15BrO3/c1-4-16-12(14)10-5-9(7-13)6-11(15-3)8(10)2/h5-6H,4,7H2,1-3H3. The van der Waals surface area contributed by atoms with Crippen molar-refractivity contribution in [1.29, 1.82) is 0 Å². The Labute approximate surface area is 104 Å². The maximum atomic E-state index is 11.7. The summed E-state index contributed by atoms with van der Waals surface area (Å²) in [6.07, 6.45) is 0. The molecule has 0 aromatic heterocycles. The molecule has 1 aromatic rings. The highest BCUT2D eigenvalue weighted by Crippen LogP contribution is 2.25. The second kappa shape index (κ2) is 5.89. The third-order valence-corrected chi connectivity index (χ3v) is 2.94. The zero-order valence-corrected chi connectivity index (χ0v) is 11.3. The zero-order chi connectivity index (χ0) is 12.1. The average Bonchev–Trinajstić information content (AvgIpc) is 2.29. The maximum Gasteiger partial charge on any atom is 0.338 e. The summed E-state index contributed by atoms with van der Waals surface area (Å²) in [5.41, 5.74) is 2.37. The normalized spacial score (nSPS) is 10.0. The van der Waals surface area contributed by atoms with Crippen LogP contribution in [0.4, 0.5) is 0 Å². The smallest absolute Gasteiger partial charge is 0.338 e. The molecule has 1 aromatic carbocycles. The van der Waals surface area contributed by atoms with Crippen molar-refractivity contribution in [3.05, 3.63) is 28.8 Å². The number of hydrogen-bond acceptors (Lipinski definition) is 3. The number of methoxy groups -OCH3 is 1. The number of rotatable bonds is 4. The molecule has 0 aliphatic rings. The summed E-state index contributed by atoms with van der Waals surface area (Å²) in [5.74, 6) is 0.404. The highest BCUT2D eigenvalue weighted by atomic mass is 79.9. The molecule has 0 saturated heterocycles. The van der Waals surface area contributed by atoms with Gasteiger partial charge in [0.2, 0.25) is 0 Å². The van der Waals surface area contributed by atoms with E-state index in [9.17, 15) is 4.79 Å². The third kappa shape index (κ3) is 2.76. The van der Waals surface area contributed by atoms with Crippen LogP contribution in [0.1, 0.15) is 28.4 Å². The summed E-state index contributed by atoms with van der Waals surface area (Å²) in [6.45, 7) is 4.01. The van der Waals surface area contributed by atoms with Crippen LogP contribution in [0.15, 0.2) is 12.1 Å². The molecule has 3 nitrogen and oxygen atoms in total. The van der Waals surface area contributed by atoms with Crippen molar-refractivity contribution in [2.24, 2.45) is 0 Å². The summed E-state index contributed by atoms with van der Waals surface area (Å²) in [7, 11) is 1.59. The molecule has 0 aliphatic carbocycles. The van der Waals surface area contributed by atoms with Crippen molar-refractivity contribution in [3.8, 4) is 5.75 Å². The van der Waals surface area contributed by atoms with Gasteiger partial charge in [-0.3, -0.25) is 0 Å². The van der Waals surface area contributed by atoms with Crippen molar-refractivity contribution in [1.82, 2.24) is 0 Å². The lowest BCUT2D eigenvalue weighted by atomic mass is 10.0. The quantitative estimate of drug-likeness (QED) is 0.630. The second-order valence-corrected chi connectivity index (χ2v) is 3.89. The molecule has 0 heterocycles. The van der Waals surface area contributed by atoms with E-state index in [2.05, 4.69) is 15.9 Å². The van der Waals surface area contributed by atoms with Gasteiger partial charge in [0.1, 0.15) is 5.75 Å². The van der Waals surface area contributed by atoms with Gasteiger partial charge in [-0.1, -0.05) is 15.9 Å². The number of benzene rings is 1. The van der Waals surface area contributed by atoms with E-state index < -0.39 is 0 Å². The molecule has 0 atom stereocenters. The minimum absolute atomic E-state index is 0.305. The van der Waals surface area contributed by atoms with Gasteiger partial charge in [-0.25, -0.2) is 4.79 Å². The molecule has 0 radical (unpaired) electrons. The highest BCUT2D eigenvalue weighted by molar-refractivity contribution is 9.08. The molecule has 88 valence electrons. The van der Waals surface area contributed by atoms with E-state index in [1.54, 1.807) is 14.0 Å². The Morgan fingerprint density at radius 1 is 1.44 bits per heavy atom. The largest absolute Gasteiger partial charge is 0.496 e. The molecular weight excluding hydrogens is 272 g/mol. The molecule has 0 fully saturated rings. The molecule has 0 bridgehead atoms. The van der Waals surface area contributed by atoms with Gasteiger partial charge in [0.05, 0.1) is 19.3 Å². The van der Waals surface area contributed by atoms with E-state index in [4.69, 9.17) is 9.47 Å². The van der Waals surface area contributed by atoms with E-state index in [1.165, 1.54) is 0 Å². The van der Waals surface area contributed by atoms with Crippen LogP contribution in [0.25, 0.3) is 0 Å². The minimum atomic E-state index is -0.305. The van der Waals surface area contributed by atoms with Gasteiger partial charge in [-0.2, -0.15) is 0 Å². The number of carbonyl (C=O) groups excluding carboxylic acids is 1. The Morgan fingerprint density at radius 3 is 2.62 bits per heavy atom. The number of hydrogen-bond donors (Lipinski definition) is 0. The highest BCUT2D eigenvalue weighted by Gasteiger charge is 2.14. The molecule has 0 spiro atoms. The molecule has 0 saturated carbocycles. The van der Waals surface area contributed by atoms with Gasteiger partial charge in [-0.05, 0) is 31.5 Å². The molecule has 0 unspecified atom stereocenters. The zero-order valence-electron chi connectivity index (χ0n) is 9.67. The van der Waals surface area contributed by atoms with Gasteiger partial charge in [0.15, 0.2) is 0 Å². The number of esters is 1. The summed E-state index contributed by atoms with van der Waals surface area (Å²) in [6, 6.07) is 3.73. The van der Waals surface area contributed by atoms with Crippen LogP contribution in [0, 0.1) is 6.92 Å². The fraction of sp³-hybridized carbons (Fsp3) is 0.417. The van der Waals surface area contributed by atoms with E-state index in [0.717, 1.165) is 11.1 Å². The lowest BCUT2D eigenvalue weighted by molar-refractivity contribution is 0.0525. The number of halogens is 1. The molecule has 1 rings (SSSR count). The molecule has 0 N–H and O–H groups in total. The Balaban J connectivity index is 3.20. The van der Waals surface area contributed by atoms with Crippen molar-refractivity contribution < 1.29 is 14.3 Å². The van der Waals surface area contributed by atoms with Gasteiger partial charge < -0.3 is 9.47 Å². The summed E-state index contributed by atoms with van der Waals surface area (Å²) in [5, 5.41) is 0.677. The van der Waals surface area contributed by atoms with E-state index in [1.807, 2.05) is 19.1 Å². The topological polar surface area (TPSA) is 35.5 Å². The van der Waals surface area contributed by atoms with Crippen LogP contribution >= 0.6 is 15.9 Å². The van der Waals surface area contributed by atoms with Crippen LogP contribution in [0.5, 0.6) is 5.75 Å². The Hall–Kier alpha value is -1.03. The first kappa shape index (κ1) is 13.0. The van der Waals surface area contributed by atoms with Crippen LogP contribution in [0.2, 0.25) is 0 Å². The van der Waals surface area contributed by atoms with Crippen molar-refractivity contribution in [2.45, 2.75) is 19.2 Å². The van der Waals surface area contributed by atoms with Crippen molar-refractivity contribution in [2.75, 3.05) is 13.7 Å². The number of alkyl halides is 1. The molecule has 16 heavy (non-hydrogen) atoms. The molecular formula is C12H15BrO3. The SMILES string of the molecule is CCOC(=O)c1cc(CBr)cc(OC)c1C. The number of ether oxygens (including phenoxy) is 2. The second-order valence-electron chi connectivity index (χ2n) is 3.32. The Kier molecular flexibility index (Phi) is 4.80. The summed E-state index contributed by atoms with van der Waals surface area (Å²) in [4.78, 5) is 11.7. The van der Waals surface area contributed by atoms with Crippen LogP contribution in [-0.4, -0.2) is 19.7 Å². The fourth-order valence-corrected chi connectivity index (χ4v) is 1.78. The Morgan fingerprint density at radius 2 is 2.12 bits per heavy atom. The van der Waals surface area contributed by atoms with Gasteiger partial charge >= 0.3 is 5.97 Å². The molecule has 0 amide bonds. The fourth-order valence-electron chi connectivity index (χ4n) is 1.45. The van der Waals surface area contributed by atoms with Gasteiger partial charge in [0.25, 0.3) is 0 Å². The van der Waals surface area contributed by atoms with Crippen LogP contribution in [-0.2, 0) is 10.1 Å².